The van der Waals surface area contributed by atoms with E-state index in [4.69, 9.17) is 10.2 Å². The second-order valence-electron chi connectivity index (χ2n) is 4.76. The Kier molecular flexibility index (Phi) is 4.66. The molecule has 1 saturated heterocycles. The Bertz CT molecular complexity index is 355. The van der Waals surface area contributed by atoms with Crippen LogP contribution in [0.1, 0.15) is 6.42 Å². The van der Waals surface area contributed by atoms with Crippen molar-refractivity contribution in [3.63, 3.8) is 0 Å². The predicted octanol–water partition coefficient (Wildman–Crippen LogP) is -0.818. The van der Waals surface area contributed by atoms with Gasteiger partial charge < -0.3 is 20.0 Å². The number of piperidine rings is 1. The van der Waals surface area contributed by atoms with Gasteiger partial charge in [0, 0.05) is 13.1 Å². The summed E-state index contributed by atoms with van der Waals surface area (Å²) in [5.74, 6) is -4.38. The molecule has 1 amide bonds. The Balaban J connectivity index is 2.71. The van der Waals surface area contributed by atoms with E-state index in [0.717, 1.165) is 0 Å². The molecule has 0 aliphatic carbocycles. The third-order valence-electron chi connectivity index (χ3n) is 3.05. The first-order valence-electron chi connectivity index (χ1n) is 5.71. The molecular weight excluding hydrogens is 240 g/mol. The number of carboxylic acids is 2. The van der Waals surface area contributed by atoms with E-state index >= 15 is 0 Å². The number of rotatable bonds is 4. The molecule has 102 valence electrons. The van der Waals surface area contributed by atoms with Crippen LogP contribution in [0.2, 0.25) is 0 Å². The van der Waals surface area contributed by atoms with Crippen molar-refractivity contribution in [2.45, 2.75) is 6.42 Å². The van der Waals surface area contributed by atoms with E-state index < -0.39 is 23.8 Å². The number of likely N-dealkylation sites (tertiary alicyclic amines) is 1. The van der Waals surface area contributed by atoms with Gasteiger partial charge in [0.25, 0.3) is 0 Å². The Hall–Kier alpha value is -1.63. The van der Waals surface area contributed by atoms with Crippen LogP contribution in [0.3, 0.4) is 0 Å². The van der Waals surface area contributed by atoms with Gasteiger partial charge >= 0.3 is 11.9 Å². The van der Waals surface area contributed by atoms with Crippen molar-refractivity contribution in [3.8, 4) is 0 Å². The van der Waals surface area contributed by atoms with E-state index in [0.29, 0.717) is 6.54 Å². The van der Waals surface area contributed by atoms with Crippen LogP contribution in [0.15, 0.2) is 0 Å². The van der Waals surface area contributed by atoms with E-state index in [-0.39, 0.29) is 25.4 Å². The molecule has 0 aromatic carbocycles. The van der Waals surface area contributed by atoms with Gasteiger partial charge in [0.15, 0.2) is 0 Å². The van der Waals surface area contributed by atoms with Crippen LogP contribution >= 0.6 is 0 Å². The van der Waals surface area contributed by atoms with Gasteiger partial charge in [-0.1, -0.05) is 0 Å². The molecule has 0 spiro atoms. The molecule has 2 unspecified atom stereocenters. The SMILES string of the molecule is CN(C)CC(=O)N1CCC(C(=O)O)C(C(=O)O)C1. The van der Waals surface area contributed by atoms with Gasteiger partial charge in [0.05, 0.1) is 18.4 Å². The van der Waals surface area contributed by atoms with Crippen LogP contribution in [0.5, 0.6) is 0 Å². The van der Waals surface area contributed by atoms with Crippen molar-refractivity contribution in [1.82, 2.24) is 9.80 Å². The highest BCUT2D eigenvalue weighted by Crippen LogP contribution is 2.24. The molecule has 1 heterocycles. The molecule has 7 nitrogen and oxygen atoms in total. The zero-order valence-electron chi connectivity index (χ0n) is 10.5. The van der Waals surface area contributed by atoms with Crippen molar-refractivity contribution in [1.29, 1.82) is 0 Å². The number of carboxylic acid groups (broad SMARTS) is 2. The summed E-state index contributed by atoms with van der Waals surface area (Å²) in [4.78, 5) is 36.9. The van der Waals surface area contributed by atoms with E-state index in [1.54, 1.807) is 19.0 Å². The number of carbonyl (C=O) groups is 3. The van der Waals surface area contributed by atoms with E-state index in [9.17, 15) is 14.4 Å². The summed E-state index contributed by atoms with van der Waals surface area (Å²) in [5, 5.41) is 18.0. The van der Waals surface area contributed by atoms with Crippen LogP contribution in [0, 0.1) is 11.8 Å². The molecule has 0 aromatic heterocycles. The minimum absolute atomic E-state index is 0.0288. The zero-order chi connectivity index (χ0) is 13.9. The quantitative estimate of drug-likeness (QED) is 0.684. The van der Waals surface area contributed by atoms with E-state index in [1.165, 1.54) is 4.90 Å². The van der Waals surface area contributed by atoms with Gasteiger partial charge in [0.1, 0.15) is 0 Å². The van der Waals surface area contributed by atoms with Crippen LogP contribution in [0.25, 0.3) is 0 Å². The van der Waals surface area contributed by atoms with Crippen molar-refractivity contribution < 1.29 is 24.6 Å². The molecule has 2 N–H and O–H groups in total. The second kappa shape index (κ2) is 5.81. The van der Waals surface area contributed by atoms with Crippen LogP contribution in [-0.2, 0) is 14.4 Å². The van der Waals surface area contributed by atoms with Crippen molar-refractivity contribution in [2.75, 3.05) is 33.7 Å². The van der Waals surface area contributed by atoms with Crippen LogP contribution in [-0.4, -0.2) is 71.6 Å². The number of hydrogen-bond donors (Lipinski definition) is 2. The van der Waals surface area contributed by atoms with Crippen LogP contribution < -0.4 is 0 Å². The molecule has 0 saturated carbocycles. The van der Waals surface area contributed by atoms with E-state index in [2.05, 4.69) is 0 Å². The smallest absolute Gasteiger partial charge is 0.309 e. The third-order valence-corrected chi connectivity index (χ3v) is 3.05. The number of likely N-dealkylation sites (N-methyl/N-ethyl adjacent to an activating group) is 1. The van der Waals surface area contributed by atoms with Crippen LogP contribution in [0.4, 0.5) is 0 Å². The summed E-state index contributed by atoms with van der Waals surface area (Å²) in [5.41, 5.74) is 0. The Morgan fingerprint density at radius 3 is 2.17 bits per heavy atom. The first kappa shape index (κ1) is 14.4. The molecule has 1 rings (SSSR count). The summed E-state index contributed by atoms with van der Waals surface area (Å²) in [7, 11) is 3.49. The molecule has 18 heavy (non-hydrogen) atoms. The molecule has 0 radical (unpaired) electrons. The topological polar surface area (TPSA) is 98.2 Å². The summed E-state index contributed by atoms with van der Waals surface area (Å²) in [6, 6.07) is 0. The first-order chi connectivity index (χ1) is 8.32. The maximum Gasteiger partial charge on any atom is 0.309 e. The minimum Gasteiger partial charge on any atom is -0.481 e. The lowest BCUT2D eigenvalue weighted by Gasteiger charge is -2.35. The largest absolute Gasteiger partial charge is 0.481 e. The molecule has 1 aliphatic rings. The lowest BCUT2D eigenvalue weighted by atomic mass is 9.85. The van der Waals surface area contributed by atoms with Crippen molar-refractivity contribution >= 4 is 17.8 Å². The fraction of sp³-hybridized carbons (Fsp3) is 0.727. The molecular formula is C11H18N2O5. The molecule has 1 fully saturated rings. The lowest BCUT2D eigenvalue weighted by molar-refractivity contribution is -0.159. The number of carbonyl (C=O) groups excluding carboxylic acids is 1. The molecule has 2 atom stereocenters. The van der Waals surface area contributed by atoms with Gasteiger partial charge in [-0.05, 0) is 20.5 Å². The lowest BCUT2D eigenvalue weighted by Crippen LogP contribution is -2.50. The Labute approximate surface area is 105 Å². The Morgan fingerprint density at radius 2 is 1.72 bits per heavy atom. The summed E-state index contributed by atoms with van der Waals surface area (Å²) in [6.45, 7) is 0.469. The minimum atomic E-state index is -1.16. The van der Waals surface area contributed by atoms with E-state index in [1.807, 2.05) is 0 Å². The number of nitrogens with zero attached hydrogens (tertiary/aromatic N) is 2. The molecule has 0 bridgehead atoms. The predicted molar refractivity (Wildman–Crippen MR) is 62.0 cm³/mol. The zero-order valence-corrected chi connectivity index (χ0v) is 10.5. The fourth-order valence-electron chi connectivity index (χ4n) is 2.09. The van der Waals surface area contributed by atoms with Crippen molar-refractivity contribution in [3.05, 3.63) is 0 Å². The summed E-state index contributed by atoms with van der Waals surface area (Å²) in [6.07, 6.45) is 0.186. The highest BCUT2D eigenvalue weighted by molar-refractivity contribution is 5.83. The van der Waals surface area contributed by atoms with Crippen molar-refractivity contribution in [2.24, 2.45) is 11.8 Å². The van der Waals surface area contributed by atoms with Gasteiger partial charge in [-0.3, -0.25) is 14.4 Å². The maximum atomic E-state index is 11.8. The monoisotopic (exact) mass is 258 g/mol. The summed E-state index contributed by atoms with van der Waals surface area (Å²) >= 11 is 0. The van der Waals surface area contributed by atoms with Gasteiger partial charge in [-0.15, -0.1) is 0 Å². The Morgan fingerprint density at radius 1 is 1.17 bits per heavy atom. The first-order valence-corrected chi connectivity index (χ1v) is 5.71. The fourth-order valence-corrected chi connectivity index (χ4v) is 2.09. The summed E-state index contributed by atoms with van der Waals surface area (Å²) < 4.78 is 0. The van der Waals surface area contributed by atoms with Gasteiger partial charge in [-0.25, -0.2) is 0 Å². The highest BCUT2D eigenvalue weighted by atomic mass is 16.4. The van der Waals surface area contributed by atoms with Gasteiger partial charge in [-0.2, -0.15) is 0 Å². The second-order valence-corrected chi connectivity index (χ2v) is 4.76. The average Bonchev–Trinajstić information content (AvgIpc) is 2.26. The molecule has 7 heteroatoms. The molecule has 1 aliphatic heterocycles. The highest BCUT2D eigenvalue weighted by Gasteiger charge is 2.39. The average molecular weight is 258 g/mol. The standard InChI is InChI=1S/C11H18N2O5/c1-12(2)6-9(14)13-4-3-7(10(15)16)8(5-13)11(17)18/h7-8H,3-6H2,1-2H3,(H,15,16)(H,17,18). The third kappa shape index (κ3) is 3.43. The number of aliphatic carboxylic acids is 2. The maximum absolute atomic E-state index is 11.8. The number of amides is 1. The number of hydrogen-bond acceptors (Lipinski definition) is 4. The van der Waals surface area contributed by atoms with Gasteiger partial charge in [0.2, 0.25) is 5.91 Å². The molecule has 0 aromatic rings. The normalized spacial score (nSPS) is 24.1.